The second-order valence-corrected chi connectivity index (χ2v) is 10.6. The lowest BCUT2D eigenvalue weighted by Gasteiger charge is -2.35. The van der Waals surface area contributed by atoms with Crippen LogP contribution in [0.4, 0.5) is 0 Å². The lowest BCUT2D eigenvalue weighted by molar-refractivity contribution is -0.138. The summed E-state index contributed by atoms with van der Waals surface area (Å²) in [5, 5.41) is 1.43. The van der Waals surface area contributed by atoms with Gasteiger partial charge < -0.3 is 4.74 Å². The molecular weight excluding hydrogens is 276 g/mol. The number of carbonyl (C=O) groups is 1. The molecule has 0 aliphatic rings. The fourth-order valence-electron chi connectivity index (χ4n) is 2.79. The molecule has 0 heterocycles. The molecule has 3 heteroatoms. The molecule has 1 rings (SSSR count). The van der Waals surface area contributed by atoms with Crippen LogP contribution in [0, 0.1) is 5.92 Å². The van der Waals surface area contributed by atoms with Gasteiger partial charge in [0.25, 0.3) is 0 Å². The predicted octanol–water partition coefficient (Wildman–Crippen LogP) is 3.91. The zero-order valence-electron chi connectivity index (χ0n) is 13.5. The molecule has 21 heavy (non-hydrogen) atoms. The van der Waals surface area contributed by atoms with E-state index in [0.29, 0.717) is 12.1 Å². The molecule has 1 aromatic carbocycles. The summed E-state index contributed by atoms with van der Waals surface area (Å²) < 4.78 is 5.24. The highest BCUT2D eigenvalue weighted by molar-refractivity contribution is 6.91. The molecule has 0 unspecified atom stereocenters. The average molecular weight is 302 g/mol. The molecule has 0 saturated heterocycles. The number of esters is 1. The molecule has 0 aromatic heterocycles. The van der Waals surface area contributed by atoms with Crippen molar-refractivity contribution in [2.45, 2.75) is 32.5 Å². The summed E-state index contributed by atoms with van der Waals surface area (Å²) in [6.45, 7) is 12.8. The van der Waals surface area contributed by atoms with E-state index in [1.165, 1.54) is 11.3 Å². The summed E-state index contributed by atoms with van der Waals surface area (Å²) >= 11 is 0. The number of benzene rings is 1. The van der Waals surface area contributed by atoms with Gasteiger partial charge in [0.05, 0.1) is 14.7 Å². The first kappa shape index (κ1) is 17.4. The van der Waals surface area contributed by atoms with Crippen LogP contribution in [0.15, 0.2) is 55.1 Å². The molecule has 114 valence electrons. The highest BCUT2D eigenvalue weighted by atomic mass is 28.3. The first-order valence-corrected chi connectivity index (χ1v) is 10.5. The standard InChI is InChI=1S/C18H26O2Si/c1-6-11-17(15(3)14-20-18(19)7-2)21(4,5)16-12-9-8-10-13-16/h6-13,15,17H,2,14H2,1,3-5H3/b11-6+/t15-,17-/m0/s1. The van der Waals surface area contributed by atoms with Crippen molar-refractivity contribution in [2.24, 2.45) is 5.92 Å². The fraction of sp³-hybridized carbons (Fsp3) is 0.389. The average Bonchev–Trinajstić information content (AvgIpc) is 2.50. The molecule has 0 amide bonds. The second kappa shape index (κ2) is 7.98. The molecular formula is C18H26O2Si. The maximum atomic E-state index is 11.3. The van der Waals surface area contributed by atoms with E-state index in [9.17, 15) is 4.79 Å². The van der Waals surface area contributed by atoms with Crippen LogP contribution in [0.1, 0.15) is 13.8 Å². The van der Waals surface area contributed by atoms with Gasteiger partial charge in [0.1, 0.15) is 0 Å². The van der Waals surface area contributed by atoms with Crippen LogP contribution in [-0.2, 0) is 9.53 Å². The van der Waals surface area contributed by atoms with E-state index in [2.05, 4.69) is 63.0 Å². The molecule has 2 nitrogen and oxygen atoms in total. The van der Waals surface area contributed by atoms with Crippen molar-refractivity contribution in [2.75, 3.05) is 6.61 Å². The molecule has 0 bridgehead atoms. The summed E-state index contributed by atoms with van der Waals surface area (Å²) in [5.41, 5.74) is 0.419. The Bertz CT molecular complexity index is 491. The van der Waals surface area contributed by atoms with Gasteiger partial charge in [0, 0.05) is 6.08 Å². The van der Waals surface area contributed by atoms with Crippen molar-refractivity contribution in [3.05, 3.63) is 55.1 Å². The normalized spacial score (nSPS) is 14.7. The van der Waals surface area contributed by atoms with Gasteiger partial charge >= 0.3 is 5.97 Å². The van der Waals surface area contributed by atoms with E-state index in [4.69, 9.17) is 4.74 Å². The Morgan fingerprint density at radius 1 is 1.33 bits per heavy atom. The van der Waals surface area contributed by atoms with Crippen LogP contribution >= 0.6 is 0 Å². The lowest BCUT2D eigenvalue weighted by atomic mass is 10.1. The summed E-state index contributed by atoms with van der Waals surface area (Å²) in [7, 11) is -1.68. The van der Waals surface area contributed by atoms with E-state index < -0.39 is 8.07 Å². The highest BCUT2D eigenvalue weighted by Crippen LogP contribution is 2.31. The molecule has 2 atom stereocenters. The van der Waals surface area contributed by atoms with Crippen molar-refractivity contribution in [1.29, 1.82) is 0 Å². The van der Waals surface area contributed by atoms with E-state index >= 15 is 0 Å². The van der Waals surface area contributed by atoms with E-state index in [-0.39, 0.29) is 11.9 Å². The van der Waals surface area contributed by atoms with Gasteiger partial charge in [-0.1, -0.05) is 74.3 Å². The topological polar surface area (TPSA) is 26.3 Å². The maximum absolute atomic E-state index is 11.3. The van der Waals surface area contributed by atoms with Crippen molar-refractivity contribution >= 4 is 19.2 Å². The number of carbonyl (C=O) groups excluding carboxylic acids is 1. The van der Waals surface area contributed by atoms with E-state index in [1.54, 1.807) is 0 Å². The Hall–Kier alpha value is -1.61. The van der Waals surface area contributed by atoms with E-state index in [0.717, 1.165) is 0 Å². The second-order valence-electron chi connectivity index (χ2n) is 5.95. The molecule has 0 aliphatic carbocycles. The summed E-state index contributed by atoms with van der Waals surface area (Å²) in [6, 6.07) is 10.7. The zero-order valence-corrected chi connectivity index (χ0v) is 14.5. The third kappa shape index (κ3) is 4.71. The van der Waals surface area contributed by atoms with Crippen LogP contribution in [0.5, 0.6) is 0 Å². The minimum atomic E-state index is -1.68. The van der Waals surface area contributed by atoms with Gasteiger partial charge in [0.2, 0.25) is 0 Å². The van der Waals surface area contributed by atoms with Gasteiger partial charge in [-0.05, 0) is 18.4 Å². The van der Waals surface area contributed by atoms with Crippen molar-refractivity contribution in [3.8, 4) is 0 Å². The number of hydrogen-bond acceptors (Lipinski definition) is 2. The largest absolute Gasteiger partial charge is 0.462 e. The maximum Gasteiger partial charge on any atom is 0.330 e. The molecule has 0 fully saturated rings. The number of allylic oxidation sites excluding steroid dienone is 2. The molecule has 1 aromatic rings. The SMILES string of the molecule is C=CC(=O)OC[C@H](C)[C@H](/C=C/C)[Si](C)(C)c1ccccc1. The summed E-state index contributed by atoms with van der Waals surface area (Å²) in [5.74, 6) is -0.0627. The van der Waals surface area contributed by atoms with Crippen molar-refractivity contribution in [1.82, 2.24) is 0 Å². The van der Waals surface area contributed by atoms with Crippen LogP contribution in [0.2, 0.25) is 18.6 Å². The Morgan fingerprint density at radius 3 is 2.48 bits per heavy atom. The van der Waals surface area contributed by atoms with Crippen LogP contribution in [0.3, 0.4) is 0 Å². The Kier molecular flexibility index (Phi) is 6.63. The van der Waals surface area contributed by atoms with E-state index in [1.807, 2.05) is 13.0 Å². The predicted molar refractivity (Wildman–Crippen MR) is 92.4 cm³/mol. The highest BCUT2D eigenvalue weighted by Gasteiger charge is 2.35. The lowest BCUT2D eigenvalue weighted by Crippen LogP contribution is -2.48. The number of rotatable bonds is 7. The summed E-state index contributed by atoms with van der Waals surface area (Å²) in [4.78, 5) is 11.3. The molecule has 0 radical (unpaired) electrons. The molecule has 0 aliphatic heterocycles. The van der Waals surface area contributed by atoms with Crippen LogP contribution < -0.4 is 5.19 Å². The molecule has 0 spiro atoms. The Labute approximate surface area is 129 Å². The quantitative estimate of drug-likeness (QED) is 0.330. The third-order valence-electron chi connectivity index (χ3n) is 4.02. The van der Waals surface area contributed by atoms with Crippen molar-refractivity contribution in [3.63, 3.8) is 0 Å². The zero-order chi connectivity index (χ0) is 15.9. The first-order valence-electron chi connectivity index (χ1n) is 7.41. The Morgan fingerprint density at radius 2 is 1.95 bits per heavy atom. The van der Waals surface area contributed by atoms with Gasteiger partial charge in [-0.3, -0.25) is 0 Å². The Balaban J connectivity index is 2.94. The molecule has 0 saturated carbocycles. The van der Waals surface area contributed by atoms with Gasteiger partial charge in [-0.2, -0.15) is 0 Å². The third-order valence-corrected chi connectivity index (χ3v) is 8.27. The van der Waals surface area contributed by atoms with Gasteiger partial charge in [-0.15, -0.1) is 0 Å². The summed E-state index contributed by atoms with van der Waals surface area (Å²) in [6.07, 6.45) is 5.59. The molecule has 0 N–H and O–H groups in total. The van der Waals surface area contributed by atoms with Gasteiger partial charge in [-0.25, -0.2) is 4.79 Å². The van der Waals surface area contributed by atoms with Crippen molar-refractivity contribution < 1.29 is 9.53 Å². The minimum absolute atomic E-state index is 0.284. The van der Waals surface area contributed by atoms with Crippen LogP contribution in [-0.4, -0.2) is 20.7 Å². The number of hydrogen-bond donors (Lipinski definition) is 0. The smallest absolute Gasteiger partial charge is 0.330 e. The number of ether oxygens (including phenoxy) is 1. The van der Waals surface area contributed by atoms with Gasteiger partial charge in [0.15, 0.2) is 0 Å². The fourth-order valence-corrected chi connectivity index (χ4v) is 6.41. The monoisotopic (exact) mass is 302 g/mol. The first-order chi connectivity index (χ1) is 9.93. The minimum Gasteiger partial charge on any atom is -0.462 e. The van der Waals surface area contributed by atoms with Crippen LogP contribution in [0.25, 0.3) is 0 Å².